The van der Waals surface area contributed by atoms with Crippen LogP contribution in [-0.2, 0) is 19.5 Å². The second-order valence-corrected chi connectivity index (χ2v) is 8.09. The Morgan fingerprint density at radius 2 is 1.67 bits per heavy atom. The maximum absolute atomic E-state index is 12.7. The number of rotatable bonds is 6. The number of hydrogen-bond donors (Lipinski definition) is 0. The summed E-state index contributed by atoms with van der Waals surface area (Å²) in [6, 6.07) is 25.4. The van der Waals surface area contributed by atoms with Gasteiger partial charge in [0.05, 0.1) is 18.7 Å². The van der Waals surface area contributed by atoms with Crippen molar-refractivity contribution < 1.29 is 14.4 Å². The predicted molar refractivity (Wildman–Crippen MR) is 130 cm³/mol. The molecule has 0 unspecified atom stereocenters. The highest BCUT2D eigenvalue weighted by atomic mass is 35.5. The maximum atomic E-state index is 12.7. The van der Waals surface area contributed by atoms with E-state index in [1.165, 1.54) is 17.0 Å². The highest BCUT2D eigenvalue weighted by molar-refractivity contribution is 5.85. The number of aliphatic imine (C=N–C) groups is 1. The number of benzene rings is 3. The van der Waals surface area contributed by atoms with Crippen LogP contribution in [0.1, 0.15) is 17.8 Å². The van der Waals surface area contributed by atoms with Crippen LogP contribution >= 0.6 is 12.4 Å². The molecule has 0 radical (unpaired) electrons. The SMILES string of the molecule is Cc1ccc(-c2c[n+](CC([O-])=Nc3ccc(Oc4ccccc4)cc3)c3n2CCC3)cc1.Cl. The Morgan fingerprint density at radius 3 is 2.39 bits per heavy atom. The number of ether oxygens (including phenoxy) is 1. The number of nitrogens with zero attached hydrogens (tertiary/aromatic N) is 3. The molecule has 0 bridgehead atoms. The van der Waals surface area contributed by atoms with Crippen LogP contribution in [0.3, 0.4) is 0 Å². The lowest BCUT2D eigenvalue weighted by Crippen LogP contribution is -2.43. The average molecular weight is 460 g/mol. The van der Waals surface area contributed by atoms with Crippen molar-refractivity contribution in [1.29, 1.82) is 0 Å². The Labute approximate surface area is 200 Å². The molecule has 0 spiro atoms. The Bertz CT molecular complexity index is 1250. The first-order valence-corrected chi connectivity index (χ1v) is 10.9. The van der Waals surface area contributed by atoms with Gasteiger partial charge in [0.2, 0.25) is 0 Å². The number of aryl methyl sites for hydroxylation is 1. The molecular weight excluding hydrogens is 434 g/mol. The molecule has 0 fully saturated rings. The zero-order chi connectivity index (χ0) is 21.9. The van der Waals surface area contributed by atoms with Crippen LogP contribution in [0.2, 0.25) is 0 Å². The van der Waals surface area contributed by atoms with Crippen molar-refractivity contribution in [2.45, 2.75) is 32.9 Å². The van der Waals surface area contributed by atoms with Gasteiger partial charge in [-0.25, -0.2) is 9.13 Å². The predicted octanol–water partition coefficient (Wildman–Crippen LogP) is 5.00. The van der Waals surface area contributed by atoms with E-state index in [0.29, 0.717) is 11.4 Å². The molecule has 0 atom stereocenters. The minimum atomic E-state index is -0.164. The Kier molecular flexibility index (Phi) is 6.80. The molecule has 1 aliphatic heterocycles. The molecule has 0 N–H and O–H groups in total. The van der Waals surface area contributed by atoms with Crippen LogP contribution in [-0.4, -0.2) is 10.5 Å². The molecule has 0 aliphatic carbocycles. The smallest absolute Gasteiger partial charge is 0.257 e. The molecule has 0 amide bonds. The summed E-state index contributed by atoms with van der Waals surface area (Å²) < 4.78 is 10.2. The van der Waals surface area contributed by atoms with E-state index in [0.717, 1.165) is 30.8 Å². The topological polar surface area (TPSA) is 53.5 Å². The zero-order valence-electron chi connectivity index (χ0n) is 18.5. The molecule has 2 heterocycles. The molecule has 0 saturated carbocycles. The fourth-order valence-corrected chi connectivity index (χ4v) is 4.14. The van der Waals surface area contributed by atoms with Crippen LogP contribution in [0.15, 0.2) is 90.1 Å². The summed E-state index contributed by atoms with van der Waals surface area (Å²) in [6.07, 6.45) is 4.16. The van der Waals surface area contributed by atoms with Gasteiger partial charge in [-0.1, -0.05) is 48.0 Å². The highest BCUT2D eigenvalue weighted by Gasteiger charge is 2.28. The van der Waals surface area contributed by atoms with Crippen molar-refractivity contribution in [3.8, 4) is 22.8 Å². The summed E-state index contributed by atoms with van der Waals surface area (Å²) in [6.45, 7) is 3.32. The van der Waals surface area contributed by atoms with Crippen LogP contribution in [0, 0.1) is 6.92 Å². The molecule has 5 nitrogen and oxygen atoms in total. The third-order valence-corrected chi connectivity index (χ3v) is 5.72. The quantitative estimate of drug-likeness (QED) is 0.231. The highest BCUT2D eigenvalue weighted by Crippen LogP contribution is 2.26. The number of imidazole rings is 1. The first-order valence-electron chi connectivity index (χ1n) is 10.9. The summed E-state index contributed by atoms with van der Waals surface area (Å²) in [5, 5.41) is 12.7. The van der Waals surface area contributed by atoms with Crippen LogP contribution in [0.4, 0.5) is 5.69 Å². The lowest BCUT2D eigenvalue weighted by molar-refractivity contribution is -0.693. The van der Waals surface area contributed by atoms with Crippen molar-refractivity contribution in [1.82, 2.24) is 4.57 Å². The molecule has 1 aromatic heterocycles. The molecule has 168 valence electrons. The molecule has 0 saturated heterocycles. The van der Waals surface area contributed by atoms with E-state index in [1.54, 1.807) is 0 Å². The largest absolute Gasteiger partial charge is 0.859 e. The van der Waals surface area contributed by atoms with Gasteiger partial charge < -0.3 is 9.84 Å². The molecule has 3 aromatic carbocycles. The van der Waals surface area contributed by atoms with Crippen molar-refractivity contribution in [3.63, 3.8) is 0 Å². The van der Waals surface area contributed by atoms with Crippen molar-refractivity contribution in [2.24, 2.45) is 4.99 Å². The summed E-state index contributed by atoms with van der Waals surface area (Å²) in [7, 11) is 0. The van der Waals surface area contributed by atoms with E-state index in [4.69, 9.17) is 4.74 Å². The number of halogens is 1. The molecule has 4 aromatic rings. The number of hydrogen-bond acceptors (Lipinski definition) is 3. The lowest BCUT2D eigenvalue weighted by Gasteiger charge is -2.10. The number of fused-ring (bicyclic) bond motifs is 1. The van der Waals surface area contributed by atoms with Crippen LogP contribution in [0.25, 0.3) is 11.3 Å². The van der Waals surface area contributed by atoms with Gasteiger partial charge in [-0.3, -0.25) is 4.99 Å². The van der Waals surface area contributed by atoms with Gasteiger partial charge in [-0.15, -0.1) is 12.4 Å². The van der Waals surface area contributed by atoms with E-state index >= 15 is 0 Å². The van der Waals surface area contributed by atoms with Crippen molar-refractivity contribution in [3.05, 3.63) is 96.4 Å². The van der Waals surface area contributed by atoms with E-state index in [2.05, 4.69) is 51.5 Å². The van der Waals surface area contributed by atoms with Crippen molar-refractivity contribution >= 4 is 24.0 Å². The molecule has 6 heteroatoms. The Balaban J connectivity index is 0.00000259. The number of para-hydroxylation sites is 1. The van der Waals surface area contributed by atoms with Gasteiger partial charge >= 0.3 is 0 Å². The lowest BCUT2D eigenvalue weighted by atomic mass is 10.1. The van der Waals surface area contributed by atoms with Gasteiger partial charge in [0, 0.05) is 11.5 Å². The summed E-state index contributed by atoms with van der Waals surface area (Å²) in [5.74, 6) is 2.51. The first-order chi connectivity index (χ1) is 15.7. The average Bonchev–Trinajstić information content (AvgIpc) is 3.41. The first kappa shape index (κ1) is 22.6. The third kappa shape index (κ3) is 5.10. The molecular formula is C27H26ClN3O2. The Hall–Kier alpha value is -3.57. The van der Waals surface area contributed by atoms with Gasteiger partial charge in [0.15, 0.2) is 5.69 Å². The second kappa shape index (κ2) is 9.92. The van der Waals surface area contributed by atoms with E-state index in [9.17, 15) is 5.11 Å². The summed E-state index contributed by atoms with van der Waals surface area (Å²) in [5.41, 5.74) is 4.21. The summed E-state index contributed by atoms with van der Waals surface area (Å²) in [4.78, 5) is 4.30. The van der Waals surface area contributed by atoms with Gasteiger partial charge in [0.1, 0.15) is 24.2 Å². The maximum Gasteiger partial charge on any atom is 0.257 e. The van der Waals surface area contributed by atoms with Crippen molar-refractivity contribution in [2.75, 3.05) is 0 Å². The monoisotopic (exact) mass is 459 g/mol. The minimum Gasteiger partial charge on any atom is -0.859 e. The molecule has 1 aliphatic rings. The standard InChI is InChI=1S/C27H25N3O2.ClH/c1-20-9-11-21(12-10-20)25-18-29(27-8-5-17-30(25)27)19-26(31)28-22-13-15-24(16-14-22)32-23-6-3-2-4-7-23;/h2-4,6-7,9-16,18H,5,8,17,19H2,1H3;1H. The van der Waals surface area contributed by atoms with E-state index < -0.39 is 0 Å². The fourth-order valence-electron chi connectivity index (χ4n) is 4.14. The second-order valence-electron chi connectivity index (χ2n) is 8.09. The molecule has 5 rings (SSSR count). The molecule has 33 heavy (non-hydrogen) atoms. The van der Waals surface area contributed by atoms with E-state index in [1.807, 2.05) is 54.6 Å². The minimum absolute atomic E-state index is 0. The van der Waals surface area contributed by atoms with Crippen LogP contribution < -0.4 is 14.4 Å². The van der Waals surface area contributed by atoms with Crippen LogP contribution in [0.5, 0.6) is 11.5 Å². The zero-order valence-corrected chi connectivity index (χ0v) is 19.3. The van der Waals surface area contributed by atoms with Gasteiger partial charge in [-0.05, 0) is 49.7 Å². The number of aromatic nitrogens is 2. The van der Waals surface area contributed by atoms with Gasteiger partial charge in [0.25, 0.3) is 5.82 Å². The third-order valence-electron chi connectivity index (χ3n) is 5.72. The van der Waals surface area contributed by atoms with Gasteiger partial charge in [-0.2, -0.15) is 0 Å². The summed E-state index contributed by atoms with van der Waals surface area (Å²) >= 11 is 0. The Morgan fingerprint density at radius 1 is 0.970 bits per heavy atom. The fraction of sp³-hybridized carbons (Fsp3) is 0.185. The van der Waals surface area contributed by atoms with E-state index in [-0.39, 0.29) is 24.8 Å². The normalized spacial score (nSPS) is 12.8.